The highest BCUT2D eigenvalue weighted by atomic mass is 31.2. The minimum atomic E-state index is -4.48. The van der Waals surface area contributed by atoms with Crippen molar-refractivity contribution in [2.75, 3.05) is 40.9 Å². The van der Waals surface area contributed by atoms with Gasteiger partial charge in [-0.25, -0.2) is 4.57 Å². The quantitative estimate of drug-likeness (QED) is 0.0205. The maximum Gasteiger partial charge on any atom is 0.472 e. The van der Waals surface area contributed by atoms with E-state index in [1.807, 2.05) is 39.4 Å². The van der Waals surface area contributed by atoms with E-state index in [1.165, 1.54) is 199 Å². The number of likely N-dealkylation sites (N-methyl/N-ethyl adjacent to an activating group) is 1. The number of phosphoric acid groups is 1. The van der Waals surface area contributed by atoms with Gasteiger partial charge in [0, 0.05) is 12.8 Å². The number of hydrogen-bond donors (Lipinski definition) is 2. The second-order valence-corrected chi connectivity index (χ2v) is 26.1. The topological polar surface area (TPSA) is 111 Å². The van der Waals surface area contributed by atoms with Gasteiger partial charge in [0.05, 0.1) is 33.8 Å². The fraction of sp³-hybridized carbons (Fsp3) is 0.781. The highest BCUT2D eigenvalue weighted by molar-refractivity contribution is 7.47. The fourth-order valence-corrected chi connectivity index (χ4v) is 10.8. The minimum absolute atomic E-state index is 0.0249. The first-order valence-corrected chi connectivity index (χ1v) is 36.4. The largest absolute Gasteiger partial charge is 0.472 e. The molecule has 2 N–H and O–H groups in total. The van der Waals surface area contributed by atoms with E-state index in [4.69, 9.17) is 13.8 Å². The summed E-state index contributed by atoms with van der Waals surface area (Å²) >= 11 is 0. The smallest absolute Gasteiger partial charge is 0.456 e. The van der Waals surface area contributed by atoms with Gasteiger partial charge >= 0.3 is 13.8 Å². The molecule has 0 radical (unpaired) electrons. The zero-order valence-corrected chi connectivity index (χ0v) is 56.1. The van der Waals surface area contributed by atoms with Crippen molar-refractivity contribution in [3.05, 3.63) is 85.1 Å². The van der Waals surface area contributed by atoms with Gasteiger partial charge in [0.25, 0.3) is 0 Å². The molecule has 0 aromatic heterocycles. The summed E-state index contributed by atoms with van der Waals surface area (Å²) < 4.78 is 30.8. The average Bonchev–Trinajstić information content (AvgIpc) is 3.47. The lowest BCUT2D eigenvalue weighted by molar-refractivity contribution is -0.870. The number of carbonyl (C=O) groups excluding carboxylic acids is 2. The van der Waals surface area contributed by atoms with Crippen molar-refractivity contribution in [1.29, 1.82) is 0 Å². The Morgan fingerprint density at radius 3 is 1.16 bits per heavy atom. The summed E-state index contributed by atoms with van der Waals surface area (Å²) in [6.07, 6.45) is 83.4. The third kappa shape index (κ3) is 63.5. The van der Waals surface area contributed by atoms with Crippen LogP contribution in [0.5, 0.6) is 0 Å². The predicted octanol–water partition coefficient (Wildman–Crippen LogP) is 22.1. The molecule has 83 heavy (non-hydrogen) atoms. The molecule has 10 heteroatoms. The van der Waals surface area contributed by atoms with Crippen LogP contribution < -0.4 is 5.32 Å². The Hall–Kier alpha value is -2.81. The zero-order valence-electron chi connectivity index (χ0n) is 55.2. The molecule has 0 saturated heterocycles. The number of unbranched alkanes of at least 4 members (excludes halogenated alkanes) is 35. The molecule has 3 atom stereocenters. The molecule has 0 saturated carbocycles. The standard InChI is InChI=1S/C73H133N2O7P/c1-7-10-13-16-19-22-25-28-30-32-34-35-36-37-38-39-41-43-45-48-51-54-57-60-63-66-73(77)82-71(64-61-58-55-52-49-46-27-24-21-18-15-12-9-3)70(69-81-83(78,79)80-68-67-75(4,5)6)74-72(76)65-62-59-56-53-50-47-44-42-40-33-31-29-26-23-20-17-14-11-8-2/h11,14,20,23,29,31,40,42,47,50,56,59,61,64,70-71H,7-10,12-13,15-19,21-22,24-28,30,32-39,41,43-46,48-49,51-55,57-58,60,62-63,65-69H2,1-6H3,(H-,74,76,78,79)/p+1/b14-11-,23-20-,31-29-,42-40-,50-47-,59-56-,64-61-. The van der Waals surface area contributed by atoms with Gasteiger partial charge < -0.3 is 19.4 Å². The van der Waals surface area contributed by atoms with Crippen LogP contribution in [0.2, 0.25) is 0 Å². The van der Waals surface area contributed by atoms with E-state index in [2.05, 4.69) is 92.9 Å². The summed E-state index contributed by atoms with van der Waals surface area (Å²) in [4.78, 5) is 37.8. The Labute approximate surface area is 514 Å². The van der Waals surface area contributed by atoms with E-state index in [9.17, 15) is 19.0 Å². The molecule has 0 aromatic carbocycles. The second-order valence-electron chi connectivity index (χ2n) is 24.7. The van der Waals surface area contributed by atoms with Gasteiger partial charge in [0.2, 0.25) is 5.91 Å². The number of amides is 1. The molecule has 0 bridgehead atoms. The predicted molar refractivity (Wildman–Crippen MR) is 360 cm³/mol. The van der Waals surface area contributed by atoms with Gasteiger partial charge in [0.15, 0.2) is 0 Å². The van der Waals surface area contributed by atoms with E-state index >= 15 is 0 Å². The van der Waals surface area contributed by atoms with Crippen molar-refractivity contribution in [2.24, 2.45) is 0 Å². The van der Waals surface area contributed by atoms with Crippen LogP contribution in [0.15, 0.2) is 85.1 Å². The number of carbonyl (C=O) groups is 2. The van der Waals surface area contributed by atoms with E-state index < -0.39 is 20.0 Å². The fourth-order valence-electron chi connectivity index (χ4n) is 10.0. The lowest BCUT2D eigenvalue weighted by atomic mass is 10.0. The summed E-state index contributed by atoms with van der Waals surface area (Å²) in [7, 11) is 1.45. The maximum atomic E-state index is 13.6. The molecule has 1 amide bonds. The van der Waals surface area contributed by atoms with Crippen molar-refractivity contribution in [3.8, 4) is 0 Å². The molecule has 0 fully saturated rings. The lowest BCUT2D eigenvalue weighted by Crippen LogP contribution is -2.47. The summed E-state index contributed by atoms with van der Waals surface area (Å²) in [5, 5.41) is 3.02. The summed E-state index contributed by atoms with van der Waals surface area (Å²) in [5.41, 5.74) is 0. The number of hydrogen-bond acceptors (Lipinski definition) is 6. The first-order chi connectivity index (χ1) is 40.4. The molecule has 0 aliphatic carbocycles. The summed E-state index contributed by atoms with van der Waals surface area (Å²) in [6.45, 7) is 6.88. The molecule has 0 spiro atoms. The van der Waals surface area contributed by atoms with Crippen LogP contribution in [0.4, 0.5) is 0 Å². The van der Waals surface area contributed by atoms with Gasteiger partial charge in [-0.2, -0.15) is 0 Å². The first-order valence-electron chi connectivity index (χ1n) is 34.9. The number of nitrogens with zero attached hydrogens (tertiary/aromatic N) is 1. The number of ether oxygens (including phenoxy) is 1. The van der Waals surface area contributed by atoms with Crippen LogP contribution in [0.1, 0.15) is 316 Å². The Balaban J connectivity index is 5.18. The lowest BCUT2D eigenvalue weighted by Gasteiger charge is -2.27. The Morgan fingerprint density at radius 1 is 0.434 bits per heavy atom. The third-order valence-corrected chi connectivity index (χ3v) is 16.3. The molecule has 0 rings (SSSR count). The molecule has 0 aliphatic heterocycles. The van der Waals surface area contributed by atoms with Gasteiger partial charge in [-0.15, -0.1) is 0 Å². The van der Waals surface area contributed by atoms with Gasteiger partial charge in [-0.1, -0.05) is 318 Å². The van der Waals surface area contributed by atoms with Crippen molar-refractivity contribution < 1.29 is 37.3 Å². The number of phosphoric ester groups is 1. The Kier molecular flexibility index (Phi) is 60.1. The van der Waals surface area contributed by atoms with Crippen LogP contribution in [0.25, 0.3) is 0 Å². The molecule has 0 aromatic rings. The zero-order chi connectivity index (χ0) is 60.7. The number of quaternary nitrogens is 1. The number of allylic oxidation sites excluding steroid dienone is 13. The van der Waals surface area contributed by atoms with E-state index in [0.717, 1.165) is 77.0 Å². The third-order valence-electron chi connectivity index (χ3n) is 15.4. The van der Waals surface area contributed by atoms with E-state index in [0.29, 0.717) is 17.4 Å². The second kappa shape index (κ2) is 62.2. The Morgan fingerprint density at radius 2 is 0.783 bits per heavy atom. The van der Waals surface area contributed by atoms with Crippen LogP contribution in [-0.4, -0.2) is 74.3 Å². The van der Waals surface area contributed by atoms with Gasteiger partial charge in [0.1, 0.15) is 19.3 Å². The molecule has 9 nitrogen and oxygen atoms in total. The molecule has 482 valence electrons. The molecule has 0 aliphatic rings. The van der Waals surface area contributed by atoms with Crippen molar-refractivity contribution in [3.63, 3.8) is 0 Å². The maximum absolute atomic E-state index is 13.6. The normalized spacial score (nSPS) is 14.1. The molecule has 3 unspecified atom stereocenters. The van der Waals surface area contributed by atoms with Crippen molar-refractivity contribution in [2.45, 2.75) is 328 Å². The first kappa shape index (κ1) is 80.2. The van der Waals surface area contributed by atoms with Crippen LogP contribution in [0, 0.1) is 0 Å². The van der Waals surface area contributed by atoms with Gasteiger partial charge in [-0.05, 0) is 70.3 Å². The van der Waals surface area contributed by atoms with E-state index in [1.54, 1.807) is 0 Å². The highest BCUT2D eigenvalue weighted by Gasteiger charge is 2.30. The number of esters is 1. The minimum Gasteiger partial charge on any atom is -0.456 e. The molecular formula is C73H134N2O7P+. The average molecular weight is 1180 g/mol. The molecular weight excluding hydrogens is 1050 g/mol. The SMILES string of the molecule is CC/C=C\C/C=C\C/C=C\C/C=C\C/C=C\C/C=C\CCC(=O)NC(COP(=O)(O)OCC[N+](C)(C)C)C(/C=C\CCCCCCCCCCCCC)OC(=O)CCCCCCCCCCCCCCCCCCCCCCCCCCC. The number of rotatable bonds is 63. The van der Waals surface area contributed by atoms with Crippen LogP contribution >= 0.6 is 7.82 Å². The summed E-state index contributed by atoms with van der Waals surface area (Å²) in [5.74, 6) is -0.594. The van der Waals surface area contributed by atoms with Crippen molar-refractivity contribution >= 4 is 19.7 Å². The molecule has 0 heterocycles. The summed E-state index contributed by atoms with van der Waals surface area (Å²) in [6, 6.07) is -0.892. The number of nitrogens with one attached hydrogen (secondary N) is 1. The van der Waals surface area contributed by atoms with Gasteiger partial charge in [-0.3, -0.25) is 18.6 Å². The van der Waals surface area contributed by atoms with E-state index in [-0.39, 0.29) is 37.9 Å². The Bertz CT molecular complexity index is 1700. The highest BCUT2D eigenvalue weighted by Crippen LogP contribution is 2.43. The van der Waals surface area contributed by atoms with Crippen molar-refractivity contribution in [1.82, 2.24) is 5.32 Å². The monoisotopic (exact) mass is 1180 g/mol. The van der Waals surface area contributed by atoms with Crippen LogP contribution in [0.3, 0.4) is 0 Å². The van der Waals surface area contributed by atoms with Crippen LogP contribution in [-0.2, 0) is 27.9 Å².